The third-order valence-corrected chi connectivity index (χ3v) is 5.74. The van der Waals surface area contributed by atoms with Crippen LogP contribution in [0.15, 0.2) is 41.8 Å². The molecule has 2 amide bonds. The van der Waals surface area contributed by atoms with Gasteiger partial charge in [0.25, 0.3) is 11.8 Å². The minimum atomic E-state index is -0.654. The van der Waals surface area contributed by atoms with Gasteiger partial charge in [-0.3, -0.25) is 9.59 Å². The Balaban J connectivity index is 1.44. The molecular formula is C23H23N3O6S. The maximum Gasteiger partial charge on any atom is 0.331 e. The average Bonchev–Trinajstić information content (AvgIpc) is 3.39. The van der Waals surface area contributed by atoms with Gasteiger partial charge in [0.05, 0.1) is 12.0 Å². The summed E-state index contributed by atoms with van der Waals surface area (Å²) in [7, 11) is 1.47. The number of hydrogen-bond donors (Lipinski definition) is 0. The topological polar surface area (TPSA) is 109 Å². The molecule has 0 aliphatic carbocycles. The second-order valence-electron chi connectivity index (χ2n) is 6.95. The number of nitriles is 1. The van der Waals surface area contributed by atoms with Crippen LogP contribution in [0.2, 0.25) is 0 Å². The van der Waals surface area contributed by atoms with Crippen molar-refractivity contribution in [3.63, 3.8) is 0 Å². The number of ether oxygens (including phenoxy) is 3. The van der Waals surface area contributed by atoms with Crippen molar-refractivity contribution >= 4 is 35.2 Å². The Morgan fingerprint density at radius 3 is 2.55 bits per heavy atom. The highest BCUT2D eigenvalue weighted by molar-refractivity contribution is 7.12. The molecule has 172 valence electrons. The molecule has 9 nitrogen and oxygen atoms in total. The highest BCUT2D eigenvalue weighted by atomic mass is 32.1. The van der Waals surface area contributed by atoms with Gasteiger partial charge in [-0.05, 0) is 35.2 Å². The van der Waals surface area contributed by atoms with Crippen molar-refractivity contribution in [2.45, 2.75) is 0 Å². The van der Waals surface area contributed by atoms with Crippen LogP contribution in [0.4, 0.5) is 0 Å². The number of hydrogen-bond acceptors (Lipinski definition) is 8. The largest absolute Gasteiger partial charge is 0.493 e. The van der Waals surface area contributed by atoms with Crippen LogP contribution in [0.25, 0.3) is 6.08 Å². The van der Waals surface area contributed by atoms with E-state index in [9.17, 15) is 14.4 Å². The van der Waals surface area contributed by atoms with E-state index in [0.717, 1.165) is 0 Å². The molecule has 0 spiro atoms. The molecule has 0 atom stereocenters. The smallest absolute Gasteiger partial charge is 0.331 e. The number of carbonyl (C=O) groups is 3. The van der Waals surface area contributed by atoms with Crippen LogP contribution in [-0.4, -0.2) is 74.1 Å². The van der Waals surface area contributed by atoms with Crippen molar-refractivity contribution < 1.29 is 28.6 Å². The monoisotopic (exact) mass is 469 g/mol. The number of rotatable bonds is 8. The number of benzene rings is 1. The van der Waals surface area contributed by atoms with Gasteiger partial charge in [-0.25, -0.2) is 4.79 Å². The van der Waals surface area contributed by atoms with Crippen LogP contribution >= 0.6 is 11.3 Å². The molecule has 2 heterocycles. The van der Waals surface area contributed by atoms with Gasteiger partial charge in [0.2, 0.25) is 0 Å². The number of thiophene rings is 1. The van der Waals surface area contributed by atoms with E-state index in [0.29, 0.717) is 48.1 Å². The SMILES string of the molecule is COc1cc(C=CC(=O)OCC(=O)N2CCN(C(=O)c3cccs3)CC2)ccc1OCC#N. The maximum absolute atomic E-state index is 12.4. The van der Waals surface area contributed by atoms with E-state index in [-0.39, 0.29) is 25.0 Å². The number of esters is 1. The predicted octanol–water partition coefficient (Wildman–Crippen LogP) is 2.20. The first-order valence-corrected chi connectivity index (χ1v) is 11.0. The summed E-state index contributed by atoms with van der Waals surface area (Å²) in [4.78, 5) is 40.7. The summed E-state index contributed by atoms with van der Waals surface area (Å²) in [6.07, 6.45) is 2.74. The summed E-state index contributed by atoms with van der Waals surface area (Å²) in [5.74, 6) is -0.150. The number of piperazine rings is 1. The quantitative estimate of drug-likeness (QED) is 0.431. The number of nitrogens with zero attached hydrogens (tertiary/aromatic N) is 3. The fourth-order valence-electron chi connectivity index (χ4n) is 3.17. The lowest BCUT2D eigenvalue weighted by molar-refractivity contribution is -0.148. The molecule has 0 N–H and O–H groups in total. The zero-order valence-electron chi connectivity index (χ0n) is 18.1. The first-order chi connectivity index (χ1) is 16.0. The Morgan fingerprint density at radius 1 is 1.12 bits per heavy atom. The average molecular weight is 470 g/mol. The van der Waals surface area contributed by atoms with E-state index in [1.165, 1.54) is 30.6 Å². The van der Waals surface area contributed by atoms with Gasteiger partial charge < -0.3 is 24.0 Å². The van der Waals surface area contributed by atoms with Gasteiger partial charge in [-0.15, -0.1) is 11.3 Å². The molecule has 0 unspecified atom stereocenters. The van der Waals surface area contributed by atoms with E-state index < -0.39 is 5.97 Å². The summed E-state index contributed by atoms with van der Waals surface area (Å²) >= 11 is 1.39. The Hall–Kier alpha value is -3.84. The van der Waals surface area contributed by atoms with Crippen molar-refractivity contribution in [2.75, 3.05) is 46.5 Å². The first-order valence-electron chi connectivity index (χ1n) is 10.1. The molecule has 33 heavy (non-hydrogen) atoms. The number of amides is 2. The second-order valence-corrected chi connectivity index (χ2v) is 7.90. The fourth-order valence-corrected chi connectivity index (χ4v) is 3.86. The Labute approximate surface area is 195 Å². The van der Waals surface area contributed by atoms with Crippen molar-refractivity contribution in [1.82, 2.24) is 9.80 Å². The third kappa shape index (κ3) is 6.57. The predicted molar refractivity (Wildman–Crippen MR) is 121 cm³/mol. The van der Waals surface area contributed by atoms with E-state index >= 15 is 0 Å². The van der Waals surface area contributed by atoms with Crippen molar-refractivity contribution in [3.8, 4) is 17.6 Å². The standard InChI is InChI=1S/C23H23N3O6S/c1-30-19-15-17(4-6-18(19)31-13-8-24)5-7-22(28)32-16-21(27)25-9-11-26(12-10-25)23(29)20-3-2-14-33-20/h2-7,14-15H,9-13,16H2,1H3. The number of carbonyl (C=O) groups excluding carboxylic acids is 3. The van der Waals surface area contributed by atoms with Crippen molar-refractivity contribution in [2.24, 2.45) is 0 Å². The lowest BCUT2D eigenvalue weighted by Crippen LogP contribution is -2.51. The van der Waals surface area contributed by atoms with Crippen LogP contribution < -0.4 is 9.47 Å². The molecule has 1 aliphatic rings. The molecular weight excluding hydrogens is 446 g/mol. The summed E-state index contributed by atoms with van der Waals surface area (Å²) in [6, 6.07) is 10.5. The molecule has 0 bridgehead atoms. The van der Waals surface area contributed by atoms with E-state index in [1.807, 2.05) is 17.5 Å². The molecule has 1 aromatic carbocycles. The van der Waals surface area contributed by atoms with Crippen molar-refractivity contribution in [3.05, 3.63) is 52.2 Å². The molecule has 10 heteroatoms. The molecule has 1 aliphatic heterocycles. The van der Waals surface area contributed by atoms with Gasteiger partial charge in [-0.2, -0.15) is 5.26 Å². The minimum Gasteiger partial charge on any atom is -0.493 e. The van der Waals surface area contributed by atoms with Gasteiger partial charge in [0.15, 0.2) is 24.7 Å². The van der Waals surface area contributed by atoms with Crippen molar-refractivity contribution in [1.29, 1.82) is 5.26 Å². The molecule has 1 aromatic heterocycles. The first kappa shape index (κ1) is 23.8. The second kappa shape index (κ2) is 11.7. The normalized spacial score (nSPS) is 13.5. The Morgan fingerprint density at radius 2 is 1.88 bits per heavy atom. The van der Waals surface area contributed by atoms with E-state index in [1.54, 1.807) is 34.1 Å². The van der Waals surface area contributed by atoms with E-state index in [2.05, 4.69) is 0 Å². The lowest BCUT2D eigenvalue weighted by Gasteiger charge is -2.34. The van der Waals surface area contributed by atoms with Crippen LogP contribution in [0.3, 0.4) is 0 Å². The molecule has 1 fully saturated rings. The summed E-state index contributed by atoms with van der Waals surface area (Å²) in [5, 5.41) is 10.5. The zero-order valence-corrected chi connectivity index (χ0v) is 18.9. The van der Waals surface area contributed by atoms with Crippen LogP contribution in [0, 0.1) is 11.3 Å². The molecule has 2 aromatic rings. The lowest BCUT2D eigenvalue weighted by atomic mass is 10.2. The molecule has 3 rings (SSSR count). The third-order valence-electron chi connectivity index (χ3n) is 4.88. The highest BCUT2D eigenvalue weighted by Gasteiger charge is 2.25. The van der Waals surface area contributed by atoms with Gasteiger partial charge >= 0.3 is 5.97 Å². The van der Waals surface area contributed by atoms with Gasteiger partial charge in [0, 0.05) is 32.3 Å². The fraction of sp³-hybridized carbons (Fsp3) is 0.304. The Kier molecular flexibility index (Phi) is 8.43. The summed E-state index contributed by atoms with van der Waals surface area (Å²) < 4.78 is 15.5. The maximum atomic E-state index is 12.4. The molecule has 1 saturated heterocycles. The molecule has 0 saturated carbocycles. The Bertz CT molecular complexity index is 1050. The summed E-state index contributed by atoms with van der Waals surface area (Å²) in [5.41, 5.74) is 0.658. The van der Waals surface area contributed by atoms with Crippen LogP contribution in [0.5, 0.6) is 11.5 Å². The summed E-state index contributed by atoms with van der Waals surface area (Å²) in [6.45, 7) is 1.18. The molecule has 0 radical (unpaired) electrons. The van der Waals surface area contributed by atoms with Crippen LogP contribution in [-0.2, 0) is 14.3 Å². The van der Waals surface area contributed by atoms with Gasteiger partial charge in [-0.1, -0.05) is 12.1 Å². The van der Waals surface area contributed by atoms with E-state index in [4.69, 9.17) is 19.5 Å². The highest BCUT2D eigenvalue weighted by Crippen LogP contribution is 2.28. The zero-order chi connectivity index (χ0) is 23.6. The van der Waals surface area contributed by atoms with Gasteiger partial charge in [0.1, 0.15) is 6.07 Å². The minimum absolute atomic E-state index is 0.0325. The van der Waals surface area contributed by atoms with Crippen LogP contribution in [0.1, 0.15) is 15.2 Å². The number of methoxy groups -OCH3 is 1.